The molecular weight excluding hydrogens is 288 g/mol. The fraction of sp³-hybridized carbons (Fsp3) is 0.526. The molecule has 1 saturated heterocycles. The third-order valence-corrected chi connectivity index (χ3v) is 5.55. The summed E-state index contributed by atoms with van der Waals surface area (Å²) >= 11 is 0. The summed E-state index contributed by atoms with van der Waals surface area (Å²) < 4.78 is 7.34. The van der Waals surface area contributed by atoms with Crippen LogP contribution in [0.5, 0.6) is 0 Å². The Balaban J connectivity index is 1.80. The summed E-state index contributed by atoms with van der Waals surface area (Å²) in [5.74, 6) is 0.269. The van der Waals surface area contributed by atoms with Crippen molar-refractivity contribution < 1.29 is 9.53 Å². The molecular formula is C19H24N2O2. The van der Waals surface area contributed by atoms with E-state index in [1.807, 2.05) is 0 Å². The van der Waals surface area contributed by atoms with Gasteiger partial charge in [-0.2, -0.15) is 0 Å². The van der Waals surface area contributed by atoms with Crippen molar-refractivity contribution in [2.45, 2.75) is 44.7 Å². The van der Waals surface area contributed by atoms with Crippen molar-refractivity contribution in [3.05, 3.63) is 35.5 Å². The second-order valence-electron chi connectivity index (χ2n) is 7.18. The average molecular weight is 312 g/mol. The number of esters is 1. The van der Waals surface area contributed by atoms with Crippen LogP contribution in [0.3, 0.4) is 0 Å². The van der Waals surface area contributed by atoms with E-state index in [0.717, 1.165) is 19.4 Å². The van der Waals surface area contributed by atoms with Gasteiger partial charge < -0.3 is 14.6 Å². The molecule has 4 heteroatoms. The molecule has 2 aromatic rings. The number of hydrogen-bond acceptors (Lipinski definition) is 3. The first-order valence-electron chi connectivity index (χ1n) is 8.53. The maximum absolute atomic E-state index is 12.0. The van der Waals surface area contributed by atoms with Crippen LogP contribution in [0.25, 0.3) is 10.9 Å². The smallest absolute Gasteiger partial charge is 0.309 e. The van der Waals surface area contributed by atoms with Crippen molar-refractivity contribution in [2.24, 2.45) is 5.92 Å². The molecule has 3 atom stereocenters. The van der Waals surface area contributed by atoms with E-state index in [-0.39, 0.29) is 11.9 Å². The van der Waals surface area contributed by atoms with Gasteiger partial charge in [-0.25, -0.2) is 0 Å². The van der Waals surface area contributed by atoms with Gasteiger partial charge in [-0.1, -0.05) is 12.1 Å². The Morgan fingerprint density at radius 1 is 1.39 bits per heavy atom. The van der Waals surface area contributed by atoms with Gasteiger partial charge in [0.1, 0.15) is 0 Å². The molecule has 0 bridgehead atoms. The molecule has 2 aliphatic rings. The highest BCUT2D eigenvalue weighted by atomic mass is 16.5. The van der Waals surface area contributed by atoms with Crippen LogP contribution >= 0.6 is 0 Å². The number of nitrogens with zero attached hydrogens (tertiary/aromatic N) is 1. The molecule has 0 spiro atoms. The molecule has 1 aromatic heterocycles. The van der Waals surface area contributed by atoms with Crippen molar-refractivity contribution in [1.82, 2.24) is 9.88 Å². The largest absolute Gasteiger partial charge is 0.469 e. The van der Waals surface area contributed by atoms with Crippen LogP contribution < -0.4 is 5.32 Å². The summed E-state index contributed by atoms with van der Waals surface area (Å²) in [6, 6.07) is 7.50. The maximum Gasteiger partial charge on any atom is 0.309 e. The highest BCUT2D eigenvalue weighted by Crippen LogP contribution is 2.43. The highest BCUT2D eigenvalue weighted by molar-refractivity contribution is 5.89. The van der Waals surface area contributed by atoms with Crippen LogP contribution in [0.2, 0.25) is 0 Å². The van der Waals surface area contributed by atoms with E-state index in [1.165, 1.54) is 29.1 Å². The SMILES string of the molecule is COC(=O)[C@H]1CN[C@@H]2Cc3cn(C(C)C)c4cccc(c34)[C@H]2C1. The predicted molar refractivity (Wildman–Crippen MR) is 90.7 cm³/mol. The van der Waals surface area contributed by atoms with Gasteiger partial charge in [0.25, 0.3) is 0 Å². The van der Waals surface area contributed by atoms with Gasteiger partial charge >= 0.3 is 5.97 Å². The molecule has 1 aliphatic heterocycles. The Labute approximate surface area is 136 Å². The molecule has 4 rings (SSSR count). The van der Waals surface area contributed by atoms with E-state index >= 15 is 0 Å². The molecule has 4 nitrogen and oxygen atoms in total. The molecule has 0 radical (unpaired) electrons. The maximum atomic E-state index is 12.0. The van der Waals surface area contributed by atoms with Gasteiger partial charge in [-0.05, 0) is 43.9 Å². The second kappa shape index (κ2) is 5.38. The van der Waals surface area contributed by atoms with E-state index in [4.69, 9.17) is 4.74 Å². The molecule has 23 heavy (non-hydrogen) atoms. The van der Waals surface area contributed by atoms with Gasteiger partial charge in [0, 0.05) is 41.6 Å². The zero-order chi connectivity index (χ0) is 16.1. The van der Waals surface area contributed by atoms with E-state index < -0.39 is 0 Å². The first-order chi connectivity index (χ1) is 11.1. The Hall–Kier alpha value is -1.81. The monoisotopic (exact) mass is 312 g/mol. The molecule has 2 heterocycles. The molecule has 1 fully saturated rings. The number of ether oxygens (including phenoxy) is 1. The fourth-order valence-electron chi connectivity index (χ4n) is 4.45. The lowest BCUT2D eigenvalue weighted by Gasteiger charge is -2.39. The summed E-state index contributed by atoms with van der Waals surface area (Å²) in [7, 11) is 1.48. The van der Waals surface area contributed by atoms with Crippen LogP contribution in [0.1, 0.15) is 43.4 Å². The minimum absolute atomic E-state index is 0.0368. The third-order valence-electron chi connectivity index (χ3n) is 5.55. The summed E-state index contributed by atoms with van der Waals surface area (Å²) in [4.78, 5) is 12.0. The Bertz CT molecular complexity index is 762. The van der Waals surface area contributed by atoms with Gasteiger partial charge in [0.15, 0.2) is 0 Å². The summed E-state index contributed by atoms with van der Waals surface area (Å²) in [6.45, 7) is 5.18. The number of methoxy groups -OCH3 is 1. The summed E-state index contributed by atoms with van der Waals surface area (Å²) in [5.41, 5.74) is 4.16. The number of rotatable bonds is 2. The number of fused-ring (bicyclic) bond motifs is 2. The Morgan fingerprint density at radius 3 is 2.96 bits per heavy atom. The highest BCUT2D eigenvalue weighted by Gasteiger charge is 2.39. The van der Waals surface area contributed by atoms with E-state index in [0.29, 0.717) is 18.0 Å². The number of carbonyl (C=O) groups is 1. The Morgan fingerprint density at radius 2 is 2.22 bits per heavy atom. The van der Waals surface area contributed by atoms with E-state index in [1.54, 1.807) is 0 Å². The zero-order valence-corrected chi connectivity index (χ0v) is 14.0. The van der Waals surface area contributed by atoms with Crippen molar-refractivity contribution in [2.75, 3.05) is 13.7 Å². The molecule has 0 amide bonds. The van der Waals surface area contributed by atoms with Crippen LogP contribution in [0.4, 0.5) is 0 Å². The van der Waals surface area contributed by atoms with Crippen molar-refractivity contribution >= 4 is 16.9 Å². The summed E-state index contributed by atoms with van der Waals surface area (Å²) in [6.07, 6.45) is 4.25. The van der Waals surface area contributed by atoms with Crippen molar-refractivity contribution in [3.8, 4) is 0 Å². The topological polar surface area (TPSA) is 43.3 Å². The van der Waals surface area contributed by atoms with Crippen molar-refractivity contribution in [3.63, 3.8) is 0 Å². The minimum Gasteiger partial charge on any atom is -0.469 e. The van der Waals surface area contributed by atoms with Crippen LogP contribution in [0.15, 0.2) is 24.4 Å². The number of hydrogen-bond donors (Lipinski definition) is 1. The normalized spacial score (nSPS) is 26.3. The van der Waals surface area contributed by atoms with Crippen molar-refractivity contribution in [1.29, 1.82) is 0 Å². The molecule has 1 aromatic carbocycles. The zero-order valence-electron chi connectivity index (χ0n) is 14.0. The number of piperidine rings is 1. The molecule has 122 valence electrons. The molecule has 0 unspecified atom stereocenters. The number of nitrogens with one attached hydrogen (secondary N) is 1. The van der Waals surface area contributed by atoms with Crippen LogP contribution in [-0.2, 0) is 16.0 Å². The first-order valence-corrected chi connectivity index (χ1v) is 8.53. The molecule has 1 aliphatic carbocycles. The summed E-state index contributed by atoms with van der Waals surface area (Å²) in [5, 5.41) is 5.01. The lowest BCUT2D eigenvalue weighted by molar-refractivity contribution is -0.146. The minimum atomic E-state index is -0.0892. The number of aromatic nitrogens is 1. The average Bonchev–Trinajstić information content (AvgIpc) is 2.94. The van der Waals surface area contributed by atoms with E-state index in [9.17, 15) is 4.79 Å². The van der Waals surface area contributed by atoms with Gasteiger partial charge in [-0.3, -0.25) is 4.79 Å². The molecule has 1 N–H and O–H groups in total. The third kappa shape index (κ3) is 2.19. The van der Waals surface area contributed by atoms with Crippen LogP contribution in [0, 0.1) is 5.92 Å². The first kappa shape index (κ1) is 14.8. The fourth-order valence-corrected chi connectivity index (χ4v) is 4.45. The van der Waals surface area contributed by atoms with Gasteiger partial charge in [-0.15, -0.1) is 0 Å². The Kier molecular flexibility index (Phi) is 3.45. The predicted octanol–water partition coefficient (Wildman–Crippen LogP) is 3.01. The van der Waals surface area contributed by atoms with Crippen LogP contribution in [-0.4, -0.2) is 30.2 Å². The molecule has 0 saturated carbocycles. The second-order valence-corrected chi connectivity index (χ2v) is 7.18. The lowest BCUT2D eigenvalue weighted by Crippen LogP contribution is -2.48. The van der Waals surface area contributed by atoms with Gasteiger partial charge in [0.2, 0.25) is 0 Å². The standard InChI is InChI=1S/C19H24N2O2/c1-11(2)21-10-13-8-16-15(7-12(9-20-16)19(22)23-3)14-5-4-6-17(21)18(13)14/h4-6,10-12,15-16,20H,7-9H2,1-3H3/t12-,15-,16-/m1/s1. The quantitative estimate of drug-likeness (QED) is 0.867. The van der Waals surface area contributed by atoms with Gasteiger partial charge in [0.05, 0.1) is 13.0 Å². The number of carbonyl (C=O) groups excluding carboxylic acids is 1. The number of benzene rings is 1. The van der Waals surface area contributed by atoms with E-state index in [2.05, 4.69) is 48.1 Å². The lowest BCUT2D eigenvalue weighted by atomic mass is 9.73.